The molecule has 1 saturated heterocycles. The molecule has 0 atom stereocenters. The quantitative estimate of drug-likeness (QED) is 0.539. The monoisotopic (exact) mass is 380 g/mol. The minimum absolute atomic E-state index is 0.264. The van der Waals surface area contributed by atoms with Gasteiger partial charge in [-0.1, -0.05) is 41.9 Å². The first-order valence-corrected chi connectivity index (χ1v) is 8.64. The van der Waals surface area contributed by atoms with Crippen LogP contribution in [0.1, 0.15) is 5.56 Å². The molecule has 0 radical (unpaired) electrons. The maximum atomic E-state index is 12.0. The average molecular weight is 381 g/mol. The summed E-state index contributed by atoms with van der Waals surface area (Å²) in [7, 11) is 0. The van der Waals surface area contributed by atoms with Gasteiger partial charge in [-0.3, -0.25) is 10.1 Å². The van der Waals surface area contributed by atoms with Crippen LogP contribution >= 0.6 is 23.8 Å². The number of nitrogens with zero attached hydrogens (tertiary/aromatic N) is 2. The van der Waals surface area contributed by atoms with Gasteiger partial charge in [0.25, 0.3) is 5.91 Å². The smallest absolute Gasteiger partial charge is 0.273 e. The Labute approximate surface area is 160 Å². The van der Waals surface area contributed by atoms with Gasteiger partial charge in [-0.25, -0.2) is 4.68 Å². The van der Waals surface area contributed by atoms with E-state index in [1.165, 1.54) is 0 Å². The molecule has 2 aromatic carbocycles. The van der Waals surface area contributed by atoms with Crippen LogP contribution in [-0.2, 0) is 4.79 Å². The fourth-order valence-corrected chi connectivity index (χ4v) is 3.10. The second-order valence-corrected chi connectivity index (χ2v) is 6.53. The minimum Gasteiger partial charge on any atom is -0.328 e. The van der Waals surface area contributed by atoms with E-state index in [-0.39, 0.29) is 5.91 Å². The van der Waals surface area contributed by atoms with Gasteiger partial charge in [-0.2, -0.15) is 5.10 Å². The number of halogens is 1. The summed E-state index contributed by atoms with van der Waals surface area (Å²) in [5.41, 5.74) is 3.65. The van der Waals surface area contributed by atoms with Crippen molar-refractivity contribution in [1.82, 2.24) is 20.4 Å². The van der Waals surface area contributed by atoms with E-state index in [2.05, 4.69) is 10.6 Å². The Bertz CT molecular complexity index is 1040. The Kier molecular flexibility index (Phi) is 4.28. The first-order valence-electron chi connectivity index (χ1n) is 7.85. The number of benzene rings is 2. The van der Waals surface area contributed by atoms with Crippen LogP contribution in [0.5, 0.6) is 0 Å². The number of thiocarbonyl (C=S) groups is 1. The van der Waals surface area contributed by atoms with Gasteiger partial charge >= 0.3 is 0 Å². The second kappa shape index (κ2) is 6.74. The van der Waals surface area contributed by atoms with E-state index in [1.807, 2.05) is 60.8 Å². The maximum absolute atomic E-state index is 12.0. The normalized spacial score (nSPS) is 15.2. The zero-order valence-electron chi connectivity index (χ0n) is 13.4. The molecule has 0 unspecified atom stereocenters. The van der Waals surface area contributed by atoms with Crippen LogP contribution in [0, 0.1) is 0 Å². The molecule has 1 aliphatic heterocycles. The molecule has 0 bridgehead atoms. The van der Waals surface area contributed by atoms with Crippen LogP contribution in [0.25, 0.3) is 23.0 Å². The molecule has 0 aliphatic carbocycles. The summed E-state index contributed by atoms with van der Waals surface area (Å²) < 4.78 is 1.77. The molecule has 7 heteroatoms. The van der Waals surface area contributed by atoms with Crippen molar-refractivity contribution < 1.29 is 4.79 Å². The third-order valence-corrected chi connectivity index (χ3v) is 4.32. The molecular weight excluding hydrogens is 368 g/mol. The van der Waals surface area contributed by atoms with E-state index in [9.17, 15) is 4.79 Å². The van der Waals surface area contributed by atoms with Gasteiger partial charge in [0.05, 0.1) is 5.69 Å². The zero-order valence-corrected chi connectivity index (χ0v) is 15.0. The molecule has 0 spiro atoms. The highest BCUT2D eigenvalue weighted by molar-refractivity contribution is 7.80. The lowest BCUT2D eigenvalue weighted by Gasteiger charge is -2.01. The van der Waals surface area contributed by atoms with Crippen LogP contribution in [0.3, 0.4) is 0 Å². The standard InChI is InChI=1S/C19H13ClN4OS/c20-14-6-4-5-12(9-14)17-13(10-16-18(25)22-19(26)21-16)11-24(23-17)15-7-2-1-3-8-15/h1-11H,(H2,21,22,25,26)/b16-10-. The number of para-hydroxylation sites is 1. The lowest BCUT2D eigenvalue weighted by atomic mass is 10.1. The number of hydrogen-bond donors (Lipinski definition) is 2. The molecule has 1 aliphatic rings. The van der Waals surface area contributed by atoms with Crippen molar-refractivity contribution in [3.63, 3.8) is 0 Å². The lowest BCUT2D eigenvalue weighted by Crippen LogP contribution is -2.21. The average Bonchev–Trinajstić information content (AvgIpc) is 3.19. The fraction of sp³-hybridized carbons (Fsp3) is 0. The highest BCUT2D eigenvalue weighted by Crippen LogP contribution is 2.27. The predicted octanol–water partition coefficient (Wildman–Crippen LogP) is 3.54. The SMILES string of the molecule is O=C1NC(=S)N/C1=C\c1cn(-c2ccccc2)nc1-c1cccc(Cl)c1. The van der Waals surface area contributed by atoms with Gasteiger partial charge in [0.2, 0.25) is 0 Å². The number of hydrogen-bond acceptors (Lipinski definition) is 3. The number of aromatic nitrogens is 2. The van der Waals surface area contributed by atoms with E-state index in [1.54, 1.807) is 10.8 Å². The molecule has 5 nitrogen and oxygen atoms in total. The van der Waals surface area contributed by atoms with E-state index in [0.717, 1.165) is 22.5 Å². The summed E-state index contributed by atoms with van der Waals surface area (Å²) in [6, 6.07) is 17.2. The molecule has 1 fully saturated rings. The maximum Gasteiger partial charge on any atom is 0.273 e. The van der Waals surface area contributed by atoms with Crippen molar-refractivity contribution in [3.05, 3.63) is 77.1 Å². The van der Waals surface area contributed by atoms with Crippen LogP contribution in [0.4, 0.5) is 0 Å². The lowest BCUT2D eigenvalue weighted by molar-refractivity contribution is -0.115. The Morgan fingerprint density at radius 2 is 1.88 bits per heavy atom. The largest absolute Gasteiger partial charge is 0.328 e. The fourth-order valence-electron chi connectivity index (χ4n) is 2.70. The summed E-state index contributed by atoms with van der Waals surface area (Å²) in [6.07, 6.45) is 3.60. The van der Waals surface area contributed by atoms with Crippen molar-refractivity contribution >= 4 is 40.9 Å². The van der Waals surface area contributed by atoms with E-state index in [0.29, 0.717) is 15.8 Å². The molecule has 3 aromatic rings. The van der Waals surface area contributed by atoms with Crippen LogP contribution in [0.2, 0.25) is 5.02 Å². The number of nitrogens with one attached hydrogen (secondary N) is 2. The summed E-state index contributed by atoms with van der Waals surface area (Å²) in [5.74, 6) is -0.264. The van der Waals surface area contributed by atoms with Crippen LogP contribution in [0.15, 0.2) is 66.5 Å². The highest BCUT2D eigenvalue weighted by Gasteiger charge is 2.21. The molecule has 2 heterocycles. The summed E-state index contributed by atoms with van der Waals surface area (Å²) >= 11 is 11.1. The summed E-state index contributed by atoms with van der Waals surface area (Å²) in [6.45, 7) is 0. The molecule has 26 heavy (non-hydrogen) atoms. The summed E-state index contributed by atoms with van der Waals surface area (Å²) in [5, 5.41) is 11.0. The minimum atomic E-state index is -0.264. The Morgan fingerprint density at radius 1 is 1.08 bits per heavy atom. The van der Waals surface area contributed by atoms with Gasteiger partial charge in [-0.05, 0) is 42.6 Å². The van der Waals surface area contributed by atoms with Gasteiger partial charge in [-0.15, -0.1) is 0 Å². The van der Waals surface area contributed by atoms with Crippen molar-refractivity contribution in [2.75, 3.05) is 0 Å². The number of rotatable bonds is 3. The first kappa shape index (κ1) is 16.5. The van der Waals surface area contributed by atoms with Crippen molar-refractivity contribution in [2.24, 2.45) is 0 Å². The predicted molar refractivity (Wildman–Crippen MR) is 106 cm³/mol. The van der Waals surface area contributed by atoms with Gasteiger partial charge in [0.1, 0.15) is 11.4 Å². The molecule has 0 saturated carbocycles. The van der Waals surface area contributed by atoms with Gasteiger partial charge < -0.3 is 5.32 Å². The highest BCUT2D eigenvalue weighted by atomic mass is 35.5. The second-order valence-electron chi connectivity index (χ2n) is 5.69. The van der Waals surface area contributed by atoms with E-state index < -0.39 is 0 Å². The molecular formula is C19H13ClN4OS. The van der Waals surface area contributed by atoms with Crippen molar-refractivity contribution in [2.45, 2.75) is 0 Å². The Morgan fingerprint density at radius 3 is 2.58 bits per heavy atom. The van der Waals surface area contributed by atoms with E-state index >= 15 is 0 Å². The van der Waals surface area contributed by atoms with E-state index in [4.69, 9.17) is 28.9 Å². The zero-order chi connectivity index (χ0) is 18.1. The number of carbonyl (C=O) groups is 1. The topological polar surface area (TPSA) is 59.0 Å². The van der Waals surface area contributed by atoms with Crippen LogP contribution < -0.4 is 10.6 Å². The molecule has 4 rings (SSSR count). The first-order chi connectivity index (χ1) is 12.6. The van der Waals surface area contributed by atoms with Gasteiger partial charge in [0.15, 0.2) is 5.11 Å². The molecule has 2 N–H and O–H groups in total. The Balaban J connectivity index is 1.86. The molecule has 1 amide bonds. The molecule has 1 aromatic heterocycles. The van der Waals surface area contributed by atoms with Crippen molar-refractivity contribution in [3.8, 4) is 16.9 Å². The van der Waals surface area contributed by atoms with Crippen molar-refractivity contribution in [1.29, 1.82) is 0 Å². The van der Waals surface area contributed by atoms with Gasteiger partial charge in [0, 0.05) is 22.3 Å². The molecule has 128 valence electrons. The van der Waals surface area contributed by atoms with Crippen LogP contribution in [-0.4, -0.2) is 20.8 Å². The third kappa shape index (κ3) is 3.24. The third-order valence-electron chi connectivity index (χ3n) is 3.88. The Hall–Kier alpha value is -2.96. The number of amides is 1. The summed E-state index contributed by atoms with van der Waals surface area (Å²) in [4.78, 5) is 12.0. The number of carbonyl (C=O) groups excluding carboxylic acids is 1.